The van der Waals surface area contributed by atoms with Gasteiger partial charge >= 0.3 is 0 Å². The minimum atomic E-state index is -3.69. The summed E-state index contributed by atoms with van der Waals surface area (Å²) in [6.07, 6.45) is 1.86. The van der Waals surface area contributed by atoms with Gasteiger partial charge in [0, 0.05) is 29.7 Å². The van der Waals surface area contributed by atoms with Crippen LogP contribution < -0.4 is 0 Å². The summed E-state index contributed by atoms with van der Waals surface area (Å²) in [5, 5.41) is 0. The predicted molar refractivity (Wildman–Crippen MR) is 84.9 cm³/mol. The fraction of sp³-hybridized carbons (Fsp3) is 0.533. The maximum Gasteiger partial charge on any atom is 0.261 e. The van der Waals surface area contributed by atoms with Crippen LogP contribution in [0, 0.1) is 0 Å². The van der Waals surface area contributed by atoms with Gasteiger partial charge in [-0.2, -0.15) is 0 Å². The topological polar surface area (TPSA) is 54.5 Å². The lowest BCUT2D eigenvalue weighted by Gasteiger charge is -2.35. The van der Waals surface area contributed by atoms with Gasteiger partial charge in [0.1, 0.15) is 0 Å². The Morgan fingerprint density at radius 1 is 1.24 bits per heavy atom. The predicted octanol–water partition coefficient (Wildman–Crippen LogP) is 3.19. The van der Waals surface area contributed by atoms with Gasteiger partial charge in [-0.25, -0.2) is 8.42 Å². The van der Waals surface area contributed by atoms with Crippen molar-refractivity contribution >= 4 is 25.6 Å². The SMILES string of the molecule is CCC(C)(C)N(C)C(=O)CCc1ccc(S(=O)(=O)Cl)cc1. The lowest BCUT2D eigenvalue weighted by atomic mass is 9.99. The quantitative estimate of drug-likeness (QED) is 0.752. The van der Waals surface area contributed by atoms with E-state index in [1.54, 1.807) is 17.0 Å². The highest BCUT2D eigenvalue weighted by atomic mass is 35.7. The maximum atomic E-state index is 12.2. The Morgan fingerprint density at radius 3 is 2.19 bits per heavy atom. The third-order valence-electron chi connectivity index (χ3n) is 3.98. The van der Waals surface area contributed by atoms with Gasteiger partial charge in [-0.1, -0.05) is 19.1 Å². The van der Waals surface area contributed by atoms with E-state index in [1.165, 1.54) is 12.1 Å². The van der Waals surface area contributed by atoms with Crippen molar-refractivity contribution in [3.8, 4) is 0 Å². The first-order valence-electron chi connectivity index (χ1n) is 6.88. The first kappa shape index (κ1) is 18.0. The molecule has 0 aliphatic carbocycles. The molecule has 0 radical (unpaired) electrons. The van der Waals surface area contributed by atoms with Crippen LogP contribution in [0.25, 0.3) is 0 Å². The number of amides is 1. The molecule has 0 heterocycles. The molecule has 118 valence electrons. The summed E-state index contributed by atoms with van der Waals surface area (Å²) < 4.78 is 22.3. The van der Waals surface area contributed by atoms with Crippen LogP contribution in [0.3, 0.4) is 0 Å². The van der Waals surface area contributed by atoms with Gasteiger partial charge in [-0.15, -0.1) is 0 Å². The van der Waals surface area contributed by atoms with Crippen molar-refractivity contribution in [1.29, 1.82) is 0 Å². The van der Waals surface area contributed by atoms with Gasteiger partial charge in [-0.05, 0) is 44.4 Å². The molecule has 0 spiro atoms. The van der Waals surface area contributed by atoms with E-state index in [1.807, 2.05) is 20.9 Å². The summed E-state index contributed by atoms with van der Waals surface area (Å²) in [4.78, 5) is 14.0. The van der Waals surface area contributed by atoms with Crippen molar-refractivity contribution in [2.75, 3.05) is 7.05 Å². The number of halogens is 1. The Kier molecular flexibility index (Phi) is 5.82. The second kappa shape index (κ2) is 6.79. The Balaban J connectivity index is 2.66. The second-order valence-corrected chi connectivity index (χ2v) is 8.27. The molecule has 21 heavy (non-hydrogen) atoms. The number of rotatable bonds is 6. The van der Waals surface area contributed by atoms with E-state index in [0.29, 0.717) is 12.8 Å². The zero-order valence-electron chi connectivity index (χ0n) is 12.9. The highest BCUT2D eigenvalue weighted by molar-refractivity contribution is 8.13. The molecule has 0 saturated carbocycles. The lowest BCUT2D eigenvalue weighted by molar-refractivity contribution is -0.134. The number of carbonyl (C=O) groups is 1. The van der Waals surface area contributed by atoms with Crippen LogP contribution in [0.5, 0.6) is 0 Å². The zero-order chi connectivity index (χ0) is 16.3. The molecule has 1 aromatic rings. The van der Waals surface area contributed by atoms with E-state index in [4.69, 9.17) is 10.7 Å². The summed E-state index contributed by atoms with van der Waals surface area (Å²) in [7, 11) is 3.38. The van der Waals surface area contributed by atoms with E-state index >= 15 is 0 Å². The fourth-order valence-electron chi connectivity index (χ4n) is 1.81. The van der Waals surface area contributed by atoms with Crippen LogP contribution in [-0.4, -0.2) is 31.8 Å². The largest absolute Gasteiger partial charge is 0.341 e. The normalized spacial score (nSPS) is 12.2. The van der Waals surface area contributed by atoms with Crippen LogP contribution in [-0.2, 0) is 20.3 Å². The Hall–Kier alpha value is -1.07. The standard InChI is InChI=1S/C15H22ClNO3S/c1-5-15(2,3)17(4)14(18)11-8-12-6-9-13(10-7-12)21(16,19)20/h6-7,9-10H,5,8,11H2,1-4H3. The summed E-state index contributed by atoms with van der Waals surface area (Å²) in [6, 6.07) is 6.30. The zero-order valence-corrected chi connectivity index (χ0v) is 14.5. The average molecular weight is 332 g/mol. The highest BCUT2D eigenvalue weighted by Crippen LogP contribution is 2.19. The molecule has 0 bridgehead atoms. The van der Waals surface area contributed by atoms with E-state index in [9.17, 15) is 13.2 Å². The van der Waals surface area contributed by atoms with Crippen LogP contribution in [0.4, 0.5) is 0 Å². The van der Waals surface area contributed by atoms with Gasteiger partial charge in [-0.3, -0.25) is 4.79 Å². The lowest BCUT2D eigenvalue weighted by Crippen LogP contribution is -2.44. The summed E-state index contributed by atoms with van der Waals surface area (Å²) in [5.41, 5.74) is 0.753. The van der Waals surface area contributed by atoms with Crippen molar-refractivity contribution in [2.24, 2.45) is 0 Å². The van der Waals surface area contributed by atoms with Crippen molar-refractivity contribution < 1.29 is 13.2 Å². The molecule has 0 aliphatic heterocycles. The van der Waals surface area contributed by atoms with E-state index in [-0.39, 0.29) is 16.3 Å². The first-order valence-corrected chi connectivity index (χ1v) is 9.19. The van der Waals surface area contributed by atoms with Gasteiger partial charge in [0.2, 0.25) is 5.91 Å². The Labute approximate surface area is 131 Å². The average Bonchev–Trinajstić information content (AvgIpc) is 2.43. The van der Waals surface area contributed by atoms with E-state index < -0.39 is 9.05 Å². The minimum Gasteiger partial charge on any atom is -0.341 e. The maximum absolute atomic E-state index is 12.2. The highest BCUT2D eigenvalue weighted by Gasteiger charge is 2.25. The molecule has 0 unspecified atom stereocenters. The van der Waals surface area contributed by atoms with Crippen molar-refractivity contribution in [1.82, 2.24) is 4.90 Å². The molecular weight excluding hydrogens is 310 g/mol. The van der Waals surface area contributed by atoms with Gasteiger partial charge in [0.05, 0.1) is 4.90 Å². The second-order valence-electron chi connectivity index (χ2n) is 5.70. The number of carbonyl (C=O) groups excluding carboxylic acids is 1. The molecule has 0 atom stereocenters. The molecule has 0 fully saturated rings. The van der Waals surface area contributed by atoms with Crippen molar-refractivity contribution in [2.45, 2.75) is 50.5 Å². The van der Waals surface area contributed by atoms with Crippen LogP contribution in [0.1, 0.15) is 39.2 Å². The third-order valence-corrected chi connectivity index (χ3v) is 5.35. The van der Waals surface area contributed by atoms with Gasteiger partial charge in [0.25, 0.3) is 9.05 Å². The first-order chi connectivity index (χ1) is 9.58. The number of nitrogens with zero attached hydrogens (tertiary/aromatic N) is 1. The molecule has 0 aliphatic rings. The smallest absolute Gasteiger partial charge is 0.261 e. The molecular formula is C15H22ClNO3S. The Morgan fingerprint density at radius 2 is 1.76 bits per heavy atom. The fourth-order valence-corrected chi connectivity index (χ4v) is 2.58. The molecule has 0 saturated heterocycles. The van der Waals surface area contributed by atoms with Gasteiger partial charge in [0.15, 0.2) is 0 Å². The molecule has 0 aromatic heterocycles. The summed E-state index contributed by atoms with van der Waals surface area (Å²) >= 11 is 0. The van der Waals surface area contributed by atoms with Crippen molar-refractivity contribution in [3.63, 3.8) is 0 Å². The number of benzene rings is 1. The molecule has 1 aromatic carbocycles. The van der Waals surface area contributed by atoms with Crippen LogP contribution in [0.2, 0.25) is 0 Å². The Bertz CT molecular complexity index is 594. The molecule has 0 N–H and O–H groups in total. The molecule has 1 rings (SSSR count). The van der Waals surface area contributed by atoms with Gasteiger partial charge < -0.3 is 4.90 Å². The monoisotopic (exact) mass is 331 g/mol. The number of aryl methyl sites for hydroxylation is 1. The van der Waals surface area contributed by atoms with E-state index in [2.05, 4.69) is 6.92 Å². The molecule has 6 heteroatoms. The third kappa shape index (κ3) is 5.00. The van der Waals surface area contributed by atoms with Crippen molar-refractivity contribution in [3.05, 3.63) is 29.8 Å². The molecule has 4 nitrogen and oxygen atoms in total. The summed E-state index contributed by atoms with van der Waals surface area (Å²) in [5.74, 6) is 0.0795. The minimum absolute atomic E-state index is 0.0727. The number of hydrogen-bond donors (Lipinski definition) is 0. The summed E-state index contributed by atoms with van der Waals surface area (Å²) in [6.45, 7) is 6.12. The van der Waals surface area contributed by atoms with E-state index in [0.717, 1.165) is 12.0 Å². The van der Waals surface area contributed by atoms with Crippen LogP contribution in [0.15, 0.2) is 29.2 Å². The number of hydrogen-bond acceptors (Lipinski definition) is 3. The van der Waals surface area contributed by atoms with Crippen LogP contribution >= 0.6 is 10.7 Å². The molecule has 1 amide bonds.